The number of likely N-dealkylation sites (N-methyl/N-ethyl adjacent to an activating group) is 1. The zero-order chi connectivity index (χ0) is 27.9. The molecule has 1 unspecified atom stereocenters. The molecule has 1 atom stereocenters. The van der Waals surface area contributed by atoms with Gasteiger partial charge < -0.3 is 19.7 Å². The van der Waals surface area contributed by atoms with Gasteiger partial charge in [-0.3, -0.25) is 13.9 Å². The fraction of sp³-hybridized carbons (Fsp3) is 0.462. The number of benzene rings is 2. The van der Waals surface area contributed by atoms with E-state index in [4.69, 9.17) is 32.7 Å². The van der Waals surface area contributed by atoms with E-state index in [0.29, 0.717) is 59.0 Å². The lowest BCUT2D eigenvalue weighted by Crippen LogP contribution is -2.49. The molecule has 2 amide bonds. The van der Waals surface area contributed by atoms with Crippen LogP contribution in [0.3, 0.4) is 0 Å². The van der Waals surface area contributed by atoms with Crippen molar-refractivity contribution >= 4 is 50.7 Å². The van der Waals surface area contributed by atoms with Crippen LogP contribution in [0.1, 0.15) is 38.7 Å². The van der Waals surface area contributed by atoms with Crippen LogP contribution in [0.5, 0.6) is 11.5 Å². The van der Waals surface area contributed by atoms with Gasteiger partial charge in [0, 0.05) is 42.2 Å². The van der Waals surface area contributed by atoms with E-state index in [9.17, 15) is 18.0 Å². The first-order chi connectivity index (χ1) is 18.0. The lowest BCUT2D eigenvalue weighted by Gasteiger charge is -2.31. The molecular weight excluding hydrogens is 553 g/mol. The SMILES string of the molecule is CCNC(=O)C(CC)N(Cc1ccc(Cl)cc1Cl)C(=O)CCCN(c1ccc2c(c1)OCCO2)S(C)(=O)=O. The minimum absolute atomic E-state index is 0.0255. The lowest BCUT2D eigenvalue weighted by atomic mass is 10.1. The van der Waals surface area contributed by atoms with Crippen LogP contribution in [0.25, 0.3) is 0 Å². The third-order valence-electron chi connectivity index (χ3n) is 6.06. The molecule has 3 rings (SSSR count). The van der Waals surface area contributed by atoms with Crippen molar-refractivity contribution in [3.63, 3.8) is 0 Å². The van der Waals surface area contributed by atoms with Crippen molar-refractivity contribution in [2.75, 3.05) is 36.9 Å². The molecule has 0 aliphatic carbocycles. The number of hydrogen-bond donors (Lipinski definition) is 1. The number of carbonyl (C=O) groups is 2. The largest absolute Gasteiger partial charge is 0.486 e. The van der Waals surface area contributed by atoms with Crippen LogP contribution in [0.15, 0.2) is 36.4 Å². The van der Waals surface area contributed by atoms with Crippen molar-refractivity contribution < 1.29 is 27.5 Å². The highest BCUT2D eigenvalue weighted by Crippen LogP contribution is 2.35. The molecule has 0 spiro atoms. The summed E-state index contributed by atoms with van der Waals surface area (Å²) in [6.45, 7) is 5.05. The van der Waals surface area contributed by atoms with Crippen LogP contribution in [0, 0.1) is 0 Å². The van der Waals surface area contributed by atoms with E-state index in [0.717, 1.165) is 6.26 Å². The Balaban J connectivity index is 1.78. The van der Waals surface area contributed by atoms with Crippen LogP contribution in [0.2, 0.25) is 10.0 Å². The smallest absolute Gasteiger partial charge is 0.242 e. The lowest BCUT2D eigenvalue weighted by molar-refractivity contribution is -0.141. The number of sulfonamides is 1. The Hall–Kier alpha value is -2.69. The number of hydrogen-bond acceptors (Lipinski definition) is 6. The van der Waals surface area contributed by atoms with E-state index >= 15 is 0 Å². The average Bonchev–Trinajstić information content (AvgIpc) is 2.86. The van der Waals surface area contributed by atoms with Gasteiger partial charge in [-0.15, -0.1) is 0 Å². The number of ether oxygens (including phenoxy) is 2. The van der Waals surface area contributed by atoms with Gasteiger partial charge in [0.2, 0.25) is 21.8 Å². The maximum atomic E-state index is 13.5. The second kappa shape index (κ2) is 13.4. The van der Waals surface area contributed by atoms with Gasteiger partial charge in [0.05, 0.1) is 11.9 Å². The van der Waals surface area contributed by atoms with E-state index < -0.39 is 16.1 Å². The first kappa shape index (κ1) is 29.9. The Morgan fingerprint density at radius 2 is 1.76 bits per heavy atom. The van der Waals surface area contributed by atoms with Crippen molar-refractivity contribution in [3.05, 3.63) is 52.0 Å². The molecule has 208 valence electrons. The Kier molecular flexibility index (Phi) is 10.5. The van der Waals surface area contributed by atoms with Crippen molar-refractivity contribution in [2.24, 2.45) is 0 Å². The second-order valence-corrected chi connectivity index (χ2v) is 11.6. The van der Waals surface area contributed by atoms with Crippen molar-refractivity contribution in [1.82, 2.24) is 10.2 Å². The van der Waals surface area contributed by atoms with Crippen LogP contribution < -0.4 is 19.1 Å². The quantitative estimate of drug-likeness (QED) is 0.399. The maximum Gasteiger partial charge on any atom is 0.242 e. The molecule has 0 aromatic heterocycles. The van der Waals surface area contributed by atoms with Gasteiger partial charge in [-0.2, -0.15) is 0 Å². The molecular formula is C26H33Cl2N3O6S. The predicted octanol–water partition coefficient (Wildman–Crippen LogP) is 4.25. The zero-order valence-corrected chi connectivity index (χ0v) is 24.0. The van der Waals surface area contributed by atoms with Crippen LogP contribution >= 0.6 is 23.2 Å². The van der Waals surface area contributed by atoms with E-state index in [1.165, 1.54) is 9.21 Å². The molecule has 2 aromatic carbocycles. The van der Waals surface area contributed by atoms with Gasteiger partial charge in [0.15, 0.2) is 11.5 Å². The van der Waals surface area contributed by atoms with Crippen LogP contribution in [-0.4, -0.2) is 63.7 Å². The molecule has 0 saturated carbocycles. The third-order valence-corrected chi connectivity index (χ3v) is 7.84. The number of anilines is 1. The van der Waals surface area contributed by atoms with Crippen molar-refractivity contribution in [2.45, 2.75) is 45.7 Å². The number of rotatable bonds is 12. The van der Waals surface area contributed by atoms with Gasteiger partial charge in [-0.05, 0) is 49.6 Å². The summed E-state index contributed by atoms with van der Waals surface area (Å²) in [4.78, 5) is 27.8. The first-order valence-electron chi connectivity index (χ1n) is 12.4. The minimum atomic E-state index is -3.64. The van der Waals surface area contributed by atoms with E-state index in [1.807, 2.05) is 13.8 Å². The molecule has 0 bridgehead atoms. The second-order valence-electron chi connectivity index (χ2n) is 8.84. The highest BCUT2D eigenvalue weighted by atomic mass is 35.5. The summed E-state index contributed by atoms with van der Waals surface area (Å²) in [6.07, 6.45) is 1.77. The molecule has 1 heterocycles. The molecule has 1 N–H and O–H groups in total. The maximum absolute atomic E-state index is 13.5. The molecule has 38 heavy (non-hydrogen) atoms. The summed E-state index contributed by atoms with van der Waals surface area (Å²) in [5, 5.41) is 3.64. The highest BCUT2D eigenvalue weighted by Gasteiger charge is 2.29. The summed E-state index contributed by atoms with van der Waals surface area (Å²) in [5.41, 5.74) is 1.07. The van der Waals surface area contributed by atoms with Crippen molar-refractivity contribution in [1.29, 1.82) is 0 Å². The summed E-state index contributed by atoms with van der Waals surface area (Å²) in [7, 11) is -3.64. The van der Waals surface area contributed by atoms with Crippen molar-refractivity contribution in [3.8, 4) is 11.5 Å². The van der Waals surface area contributed by atoms with E-state index in [2.05, 4.69) is 5.32 Å². The van der Waals surface area contributed by atoms with Gasteiger partial charge in [-0.1, -0.05) is 36.2 Å². The van der Waals surface area contributed by atoms with E-state index in [-0.39, 0.29) is 37.7 Å². The minimum Gasteiger partial charge on any atom is -0.486 e. The van der Waals surface area contributed by atoms with Gasteiger partial charge in [0.25, 0.3) is 0 Å². The normalized spacial score (nSPS) is 13.5. The molecule has 0 radical (unpaired) electrons. The van der Waals surface area contributed by atoms with Gasteiger partial charge in [-0.25, -0.2) is 8.42 Å². The number of nitrogens with zero attached hydrogens (tertiary/aromatic N) is 2. The topological polar surface area (TPSA) is 105 Å². The Morgan fingerprint density at radius 3 is 2.39 bits per heavy atom. The number of carbonyl (C=O) groups excluding carboxylic acids is 2. The number of nitrogens with one attached hydrogen (secondary N) is 1. The molecule has 2 aromatic rings. The Labute approximate surface area is 234 Å². The monoisotopic (exact) mass is 585 g/mol. The Morgan fingerprint density at radius 1 is 1.05 bits per heavy atom. The summed E-state index contributed by atoms with van der Waals surface area (Å²) in [5.74, 6) is 0.473. The fourth-order valence-electron chi connectivity index (χ4n) is 4.24. The third kappa shape index (κ3) is 7.68. The molecule has 12 heteroatoms. The summed E-state index contributed by atoms with van der Waals surface area (Å²) in [6, 6.07) is 9.22. The Bertz CT molecular complexity index is 1260. The van der Waals surface area contributed by atoms with E-state index in [1.54, 1.807) is 36.4 Å². The molecule has 1 aliphatic rings. The average molecular weight is 587 g/mol. The number of halogens is 2. The fourth-order valence-corrected chi connectivity index (χ4v) is 5.66. The molecule has 0 fully saturated rings. The standard InChI is InChI=1S/C26H33Cl2N3O6S/c1-4-22(26(33)29-5-2)30(17-18-8-9-19(27)15-21(18)28)25(32)7-6-12-31(38(3,34)35)20-10-11-23-24(16-20)37-14-13-36-23/h8-11,15-16,22H,4-7,12-14,17H2,1-3H3,(H,29,33). The number of fused-ring (bicyclic) bond motifs is 1. The van der Waals surface area contributed by atoms with Crippen LogP contribution in [-0.2, 0) is 26.2 Å². The molecule has 1 aliphatic heterocycles. The first-order valence-corrected chi connectivity index (χ1v) is 15.0. The highest BCUT2D eigenvalue weighted by molar-refractivity contribution is 7.92. The van der Waals surface area contributed by atoms with Crippen LogP contribution in [0.4, 0.5) is 5.69 Å². The van der Waals surface area contributed by atoms with Gasteiger partial charge in [0.1, 0.15) is 19.3 Å². The zero-order valence-electron chi connectivity index (χ0n) is 21.7. The molecule has 9 nitrogen and oxygen atoms in total. The predicted molar refractivity (Wildman–Crippen MR) is 149 cm³/mol. The van der Waals surface area contributed by atoms with Gasteiger partial charge >= 0.3 is 0 Å². The molecule has 0 saturated heterocycles. The summed E-state index contributed by atoms with van der Waals surface area (Å²) >= 11 is 12.4. The number of amides is 2. The summed E-state index contributed by atoms with van der Waals surface area (Å²) < 4.78 is 37.6.